The summed E-state index contributed by atoms with van der Waals surface area (Å²) >= 11 is 0. The van der Waals surface area contributed by atoms with E-state index in [1.807, 2.05) is 0 Å². The van der Waals surface area contributed by atoms with Crippen molar-refractivity contribution >= 4 is 24.2 Å². The molecule has 1 aromatic rings. The average Bonchev–Trinajstić information content (AvgIpc) is 2.37. The van der Waals surface area contributed by atoms with E-state index in [2.05, 4.69) is 10.6 Å². The topological polar surface area (TPSA) is 84.2 Å². The van der Waals surface area contributed by atoms with E-state index in [-0.39, 0.29) is 29.8 Å². The van der Waals surface area contributed by atoms with Crippen molar-refractivity contribution in [1.29, 1.82) is 0 Å². The van der Waals surface area contributed by atoms with Crippen LogP contribution in [0.5, 0.6) is 0 Å². The number of hydrogen-bond acceptors (Lipinski definition) is 3. The highest BCUT2D eigenvalue weighted by atomic mass is 35.5. The molecule has 5 nitrogen and oxygen atoms in total. The minimum Gasteiger partial charge on any atom is -0.355 e. The largest absolute Gasteiger partial charge is 0.355 e. The highest BCUT2D eigenvalue weighted by Crippen LogP contribution is 2.02. The predicted octanol–water partition coefficient (Wildman–Crippen LogP) is 0.831. The zero-order valence-corrected chi connectivity index (χ0v) is 12.0. The lowest BCUT2D eigenvalue weighted by Gasteiger charge is -2.08. The van der Waals surface area contributed by atoms with Crippen LogP contribution in [0.25, 0.3) is 0 Å². The van der Waals surface area contributed by atoms with Crippen molar-refractivity contribution in [3.63, 3.8) is 0 Å². The van der Waals surface area contributed by atoms with Crippen LogP contribution in [0.15, 0.2) is 24.3 Å². The number of amides is 2. The molecule has 0 spiro atoms. The molecule has 0 aliphatic carbocycles. The second kappa shape index (κ2) is 9.28. The Morgan fingerprint density at radius 2 is 1.95 bits per heavy atom. The molecule has 1 aromatic carbocycles. The van der Waals surface area contributed by atoms with Crippen LogP contribution in [0.4, 0.5) is 4.39 Å². The molecular weight excluding hydrogens is 285 g/mol. The Balaban J connectivity index is 0.00000361. The van der Waals surface area contributed by atoms with Crippen molar-refractivity contribution in [2.24, 2.45) is 5.73 Å². The predicted molar refractivity (Wildman–Crippen MR) is 77.3 cm³/mol. The number of halogens is 2. The molecule has 0 saturated heterocycles. The molecule has 0 fully saturated rings. The molecule has 7 heteroatoms. The summed E-state index contributed by atoms with van der Waals surface area (Å²) in [5.74, 6) is -1.01. The van der Waals surface area contributed by atoms with Gasteiger partial charge in [0.25, 0.3) is 5.91 Å². The molecule has 2 amide bonds. The molecule has 0 radical (unpaired) electrons. The van der Waals surface area contributed by atoms with Gasteiger partial charge in [-0.2, -0.15) is 0 Å². The number of benzene rings is 1. The number of hydrogen-bond donors (Lipinski definition) is 3. The van der Waals surface area contributed by atoms with Crippen LogP contribution >= 0.6 is 12.4 Å². The van der Waals surface area contributed by atoms with E-state index >= 15 is 0 Å². The minimum absolute atomic E-state index is 0. The Hall–Kier alpha value is -1.66. The first-order valence-electron chi connectivity index (χ1n) is 6.08. The molecule has 0 aromatic heterocycles. The van der Waals surface area contributed by atoms with Crippen molar-refractivity contribution in [2.45, 2.75) is 19.4 Å². The summed E-state index contributed by atoms with van der Waals surface area (Å²) in [5, 5.41) is 5.27. The Morgan fingerprint density at radius 3 is 2.55 bits per heavy atom. The van der Waals surface area contributed by atoms with E-state index < -0.39 is 11.9 Å². The molecule has 1 rings (SSSR count). The summed E-state index contributed by atoms with van der Waals surface area (Å²) in [6.45, 7) is 2.43. The lowest BCUT2D eigenvalue weighted by molar-refractivity contribution is -0.121. The molecule has 0 saturated carbocycles. The van der Waals surface area contributed by atoms with E-state index in [1.54, 1.807) is 6.92 Å². The molecule has 4 N–H and O–H groups in total. The molecule has 0 heterocycles. The number of carbonyl (C=O) groups is 2. The van der Waals surface area contributed by atoms with Crippen LogP contribution in [0.1, 0.15) is 23.7 Å². The lowest BCUT2D eigenvalue weighted by Crippen LogP contribution is -2.39. The van der Waals surface area contributed by atoms with Crippen molar-refractivity contribution < 1.29 is 14.0 Å². The van der Waals surface area contributed by atoms with E-state index in [4.69, 9.17) is 5.73 Å². The van der Waals surface area contributed by atoms with E-state index in [9.17, 15) is 14.0 Å². The molecular formula is C13H19ClFN3O2. The van der Waals surface area contributed by atoms with Crippen LogP contribution in [0.2, 0.25) is 0 Å². The molecule has 0 bridgehead atoms. The summed E-state index contributed by atoms with van der Waals surface area (Å²) in [4.78, 5) is 22.8. The van der Waals surface area contributed by atoms with Crippen molar-refractivity contribution in [3.05, 3.63) is 35.6 Å². The maximum absolute atomic E-state index is 12.9. The first kappa shape index (κ1) is 18.3. The normalized spacial score (nSPS) is 11.2. The van der Waals surface area contributed by atoms with Gasteiger partial charge in [-0.25, -0.2) is 4.39 Å². The molecule has 1 atom stereocenters. The first-order valence-corrected chi connectivity index (χ1v) is 6.08. The minimum atomic E-state index is -0.540. The van der Waals surface area contributed by atoms with Crippen molar-refractivity contribution in [2.75, 3.05) is 13.1 Å². The number of nitrogens with two attached hydrogens (primary N) is 1. The maximum Gasteiger partial charge on any atom is 0.251 e. The van der Waals surface area contributed by atoms with Gasteiger partial charge in [-0.05, 0) is 31.5 Å². The Morgan fingerprint density at radius 1 is 1.30 bits per heavy atom. The smallest absolute Gasteiger partial charge is 0.251 e. The van der Waals surface area contributed by atoms with Gasteiger partial charge in [0.1, 0.15) is 5.82 Å². The highest BCUT2D eigenvalue weighted by molar-refractivity contribution is 5.94. The lowest BCUT2D eigenvalue weighted by atomic mass is 10.2. The van der Waals surface area contributed by atoms with Crippen LogP contribution in [-0.2, 0) is 4.79 Å². The quantitative estimate of drug-likeness (QED) is 0.681. The van der Waals surface area contributed by atoms with Gasteiger partial charge in [0, 0.05) is 18.7 Å². The van der Waals surface area contributed by atoms with E-state index in [1.165, 1.54) is 24.3 Å². The highest BCUT2D eigenvalue weighted by Gasteiger charge is 2.07. The Bertz CT molecular complexity index is 455. The molecule has 112 valence electrons. The molecule has 0 unspecified atom stereocenters. The molecule has 0 aliphatic rings. The monoisotopic (exact) mass is 303 g/mol. The fraction of sp³-hybridized carbons (Fsp3) is 0.385. The third-order valence-corrected chi connectivity index (χ3v) is 2.44. The molecule has 20 heavy (non-hydrogen) atoms. The van der Waals surface area contributed by atoms with Gasteiger partial charge >= 0.3 is 0 Å². The second-order valence-corrected chi connectivity index (χ2v) is 4.20. The third-order valence-electron chi connectivity index (χ3n) is 2.44. The third kappa shape index (κ3) is 6.49. The van der Waals surface area contributed by atoms with E-state index in [0.717, 1.165) is 0 Å². The number of carbonyl (C=O) groups excluding carboxylic acids is 2. The van der Waals surface area contributed by atoms with E-state index in [0.29, 0.717) is 19.5 Å². The van der Waals surface area contributed by atoms with Gasteiger partial charge in [0.2, 0.25) is 5.91 Å². The summed E-state index contributed by atoms with van der Waals surface area (Å²) in [7, 11) is 0. The Kier molecular flexibility index (Phi) is 8.51. The fourth-order valence-electron chi connectivity index (χ4n) is 1.39. The van der Waals surface area contributed by atoms with Crippen LogP contribution in [-0.4, -0.2) is 30.9 Å². The van der Waals surface area contributed by atoms with Gasteiger partial charge in [-0.15, -0.1) is 12.4 Å². The zero-order valence-electron chi connectivity index (χ0n) is 11.2. The van der Waals surface area contributed by atoms with Crippen molar-refractivity contribution in [1.82, 2.24) is 10.6 Å². The summed E-state index contributed by atoms with van der Waals surface area (Å²) in [6, 6.07) is 4.93. The average molecular weight is 304 g/mol. The van der Waals surface area contributed by atoms with Crippen molar-refractivity contribution in [3.8, 4) is 0 Å². The number of nitrogens with one attached hydrogen (secondary N) is 2. The van der Waals surface area contributed by atoms with Crippen LogP contribution < -0.4 is 16.4 Å². The molecule has 0 aliphatic heterocycles. The van der Waals surface area contributed by atoms with Gasteiger partial charge in [0.05, 0.1) is 6.04 Å². The first-order chi connectivity index (χ1) is 9.00. The van der Waals surface area contributed by atoms with Crippen LogP contribution in [0.3, 0.4) is 0 Å². The Labute approximate surface area is 123 Å². The van der Waals surface area contributed by atoms with Gasteiger partial charge in [-0.1, -0.05) is 6.07 Å². The summed E-state index contributed by atoms with van der Waals surface area (Å²) < 4.78 is 12.9. The summed E-state index contributed by atoms with van der Waals surface area (Å²) in [6.07, 6.45) is 0.583. The SMILES string of the molecule is C[C@H](N)C(=O)NCCCNC(=O)c1cccc(F)c1.Cl. The van der Waals surface area contributed by atoms with Crippen LogP contribution in [0, 0.1) is 5.82 Å². The fourth-order valence-corrected chi connectivity index (χ4v) is 1.39. The van der Waals surface area contributed by atoms with Gasteiger partial charge < -0.3 is 16.4 Å². The zero-order chi connectivity index (χ0) is 14.3. The van der Waals surface area contributed by atoms with Gasteiger partial charge in [0.15, 0.2) is 0 Å². The van der Waals surface area contributed by atoms with Gasteiger partial charge in [-0.3, -0.25) is 9.59 Å². The second-order valence-electron chi connectivity index (χ2n) is 4.20. The maximum atomic E-state index is 12.9. The standard InChI is InChI=1S/C13H18FN3O2.ClH/c1-9(15)12(18)16-6-3-7-17-13(19)10-4-2-5-11(14)8-10;/h2,4-5,8-9H,3,6-7,15H2,1H3,(H,16,18)(H,17,19);1H/t9-;/m0./s1. The summed E-state index contributed by atoms with van der Waals surface area (Å²) in [5.41, 5.74) is 5.65. The number of rotatable bonds is 6.